The second-order valence-corrected chi connectivity index (χ2v) is 2.78. The van der Waals surface area contributed by atoms with E-state index in [2.05, 4.69) is 11.4 Å². The van der Waals surface area contributed by atoms with Crippen molar-refractivity contribution < 1.29 is 0 Å². The Morgan fingerprint density at radius 1 is 1.36 bits per heavy atom. The van der Waals surface area contributed by atoms with E-state index in [4.69, 9.17) is 5.26 Å². The summed E-state index contributed by atoms with van der Waals surface area (Å²) in [7, 11) is 1.90. The normalized spacial score (nSPS) is 8.50. The van der Waals surface area contributed by atoms with Gasteiger partial charge in [0.05, 0.1) is 11.6 Å². The van der Waals surface area contributed by atoms with E-state index in [-0.39, 0.29) is 0 Å². The van der Waals surface area contributed by atoms with Crippen LogP contribution in [-0.2, 0) is 6.54 Å². The summed E-state index contributed by atoms with van der Waals surface area (Å²) in [5, 5.41) is 11.7. The van der Waals surface area contributed by atoms with Gasteiger partial charge in [-0.15, -0.1) is 0 Å². The summed E-state index contributed by atoms with van der Waals surface area (Å²) < 4.78 is 0. The molecule has 0 saturated heterocycles. The molecule has 0 saturated carbocycles. The topological polar surface area (TPSA) is 35.8 Å². The molecule has 0 aliphatic heterocycles. The zero-order valence-corrected chi connectivity index (χ0v) is 9.39. The molecule has 14 heavy (non-hydrogen) atoms. The maximum atomic E-state index is 8.65. The molecule has 76 valence electrons. The molecule has 2 nitrogen and oxygen atoms in total. The van der Waals surface area contributed by atoms with E-state index in [9.17, 15) is 0 Å². The van der Waals surface area contributed by atoms with Crippen molar-refractivity contribution in [2.45, 2.75) is 27.3 Å². The molecule has 0 heterocycles. The van der Waals surface area contributed by atoms with Gasteiger partial charge >= 0.3 is 0 Å². The Hall–Kier alpha value is -1.33. The molecule has 0 spiro atoms. The second kappa shape index (κ2) is 7.11. The van der Waals surface area contributed by atoms with Gasteiger partial charge in [-0.05, 0) is 37.2 Å². The predicted octanol–water partition coefficient (Wildman–Crippen LogP) is 2.61. The summed E-state index contributed by atoms with van der Waals surface area (Å²) in [6.45, 7) is 6.87. The Morgan fingerprint density at radius 3 is 2.50 bits per heavy atom. The number of hydrogen-bond donors (Lipinski definition) is 1. The average molecular weight is 190 g/mol. The van der Waals surface area contributed by atoms with Gasteiger partial charge in [0.1, 0.15) is 0 Å². The van der Waals surface area contributed by atoms with Crippen LogP contribution in [0.25, 0.3) is 0 Å². The van der Waals surface area contributed by atoms with Crippen LogP contribution in [0.3, 0.4) is 0 Å². The molecule has 0 bridgehead atoms. The lowest BCUT2D eigenvalue weighted by atomic mass is 10.1. The van der Waals surface area contributed by atoms with Crippen molar-refractivity contribution in [2.24, 2.45) is 0 Å². The largest absolute Gasteiger partial charge is 0.316 e. The van der Waals surface area contributed by atoms with E-state index >= 15 is 0 Å². The zero-order valence-electron chi connectivity index (χ0n) is 9.39. The SMILES string of the molecule is CC.CNCc1cc(C#N)ccc1C. The van der Waals surface area contributed by atoms with Crippen LogP contribution >= 0.6 is 0 Å². The highest BCUT2D eigenvalue weighted by molar-refractivity contribution is 5.37. The fraction of sp³-hybridized carbons (Fsp3) is 0.417. The molecule has 0 aliphatic carbocycles. The van der Waals surface area contributed by atoms with E-state index in [1.165, 1.54) is 11.1 Å². The third-order valence-electron chi connectivity index (χ3n) is 1.85. The van der Waals surface area contributed by atoms with Crippen molar-refractivity contribution in [1.82, 2.24) is 5.32 Å². The number of nitriles is 1. The first-order chi connectivity index (χ1) is 6.77. The Morgan fingerprint density at radius 2 is 2.00 bits per heavy atom. The molecule has 1 aromatic carbocycles. The van der Waals surface area contributed by atoms with Gasteiger partial charge in [-0.1, -0.05) is 19.9 Å². The maximum Gasteiger partial charge on any atom is 0.0991 e. The van der Waals surface area contributed by atoms with E-state index in [0.717, 1.165) is 12.1 Å². The molecular weight excluding hydrogens is 172 g/mol. The van der Waals surface area contributed by atoms with Gasteiger partial charge in [-0.3, -0.25) is 0 Å². The maximum absolute atomic E-state index is 8.65. The molecule has 1 rings (SSSR count). The third-order valence-corrected chi connectivity index (χ3v) is 1.85. The molecule has 0 aliphatic rings. The van der Waals surface area contributed by atoms with Gasteiger partial charge in [0, 0.05) is 6.54 Å². The highest BCUT2D eigenvalue weighted by Crippen LogP contribution is 2.09. The summed E-state index contributed by atoms with van der Waals surface area (Å²) >= 11 is 0. The smallest absolute Gasteiger partial charge is 0.0991 e. The van der Waals surface area contributed by atoms with Crippen LogP contribution in [0, 0.1) is 18.3 Å². The van der Waals surface area contributed by atoms with Gasteiger partial charge in [0.15, 0.2) is 0 Å². The van der Waals surface area contributed by atoms with Crippen LogP contribution in [-0.4, -0.2) is 7.05 Å². The van der Waals surface area contributed by atoms with Crippen LogP contribution in [0.5, 0.6) is 0 Å². The van der Waals surface area contributed by atoms with E-state index in [1.54, 1.807) is 0 Å². The molecule has 0 fully saturated rings. The molecule has 1 N–H and O–H groups in total. The number of rotatable bonds is 2. The van der Waals surface area contributed by atoms with Crippen molar-refractivity contribution >= 4 is 0 Å². The highest BCUT2D eigenvalue weighted by atomic mass is 14.8. The lowest BCUT2D eigenvalue weighted by Gasteiger charge is -2.04. The molecule has 0 amide bonds. The third kappa shape index (κ3) is 3.59. The number of hydrogen-bond acceptors (Lipinski definition) is 2. The first kappa shape index (κ1) is 12.7. The fourth-order valence-electron chi connectivity index (χ4n) is 1.12. The van der Waals surface area contributed by atoms with Crippen LogP contribution in [0.4, 0.5) is 0 Å². The fourth-order valence-corrected chi connectivity index (χ4v) is 1.12. The van der Waals surface area contributed by atoms with Crippen molar-refractivity contribution in [3.8, 4) is 6.07 Å². The van der Waals surface area contributed by atoms with Gasteiger partial charge in [-0.2, -0.15) is 5.26 Å². The van der Waals surface area contributed by atoms with Crippen molar-refractivity contribution in [2.75, 3.05) is 7.05 Å². The highest BCUT2D eigenvalue weighted by Gasteiger charge is 1.97. The van der Waals surface area contributed by atoms with Crippen LogP contribution in [0.2, 0.25) is 0 Å². The van der Waals surface area contributed by atoms with Crippen LogP contribution in [0.15, 0.2) is 18.2 Å². The average Bonchev–Trinajstić information content (AvgIpc) is 2.24. The van der Waals surface area contributed by atoms with Crippen LogP contribution < -0.4 is 5.32 Å². The second-order valence-electron chi connectivity index (χ2n) is 2.78. The Labute approximate surface area is 86.6 Å². The molecule has 0 radical (unpaired) electrons. The molecule has 1 aromatic rings. The number of aryl methyl sites for hydroxylation is 1. The Kier molecular flexibility index (Phi) is 6.43. The quantitative estimate of drug-likeness (QED) is 0.778. The Bertz CT molecular complexity index is 311. The summed E-state index contributed by atoms with van der Waals surface area (Å²) in [6, 6.07) is 7.87. The van der Waals surface area contributed by atoms with Gasteiger partial charge in [-0.25, -0.2) is 0 Å². The molecule has 0 aromatic heterocycles. The number of benzene rings is 1. The minimum Gasteiger partial charge on any atom is -0.316 e. The lowest BCUT2D eigenvalue weighted by Crippen LogP contribution is -2.06. The minimum atomic E-state index is 0.728. The van der Waals surface area contributed by atoms with Crippen molar-refractivity contribution in [3.05, 3.63) is 34.9 Å². The zero-order chi connectivity index (χ0) is 11.0. The summed E-state index contributed by atoms with van der Waals surface area (Å²) in [6.07, 6.45) is 0. The predicted molar refractivity (Wildman–Crippen MR) is 60.0 cm³/mol. The first-order valence-corrected chi connectivity index (χ1v) is 4.92. The minimum absolute atomic E-state index is 0.728. The lowest BCUT2D eigenvalue weighted by molar-refractivity contribution is 0.812. The molecular formula is C12H18N2. The molecule has 2 heteroatoms. The van der Waals surface area contributed by atoms with Gasteiger partial charge in [0.25, 0.3) is 0 Å². The summed E-state index contributed by atoms with van der Waals surface area (Å²) in [4.78, 5) is 0. The Balaban J connectivity index is 0.000000791. The standard InChI is InChI=1S/C10H12N2.C2H6/c1-8-3-4-9(6-11)5-10(8)7-12-2;1-2/h3-5,12H,7H2,1-2H3;1-2H3. The van der Waals surface area contributed by atoms with Gasteiger partial charge in [0.2, 0.25) is 0 Å². The molecule has 0 unspecified atom stereocenters. The number of nitrogens with zero attached hydrogens (tertiary/aromatic N) is 1. The first-order valence-electron chi connectivity index (χ1n) is 4.92. The van der Waals surface area contributed by atoms with E-state index in [0.29, 0.717) is 0 Å². The number of nitrogens with one attached hydrogen (secondary N) is 1. The molecule has 0 atom stereocenters. The van der Waals surface area contributed by atoms with E-state index < -0.39 is 0 Å². The van der Waals surface area contributed by atoms with Crippen molar-refractivity contribution in [3.63, 3.8) is 0 Å². The summed E-state index contributed by atoms with van der Waals surface area (Å²) in [5.74, 6) is 0. The van der Waals surface area contributed by atoms with Crippen LogP contribution in [0.1, 0.15) is 30.5 Å². The van der Waals surface area contributed by atoms with E-state index in [1.807, 2.05) is 46.0 Å². The monoisotopic (exact) mass is 190 g/mol. The van der Waals surface area contributed by atoms with Crippen molar-refractivity contribution in [1.29, 1.82) is 5.26 Å². The summed E-state index contributed by atoms with van der Waals surface area (Å²) in [5.41, 5.74) is 3.14. The van der Waals surface area contributed by atoms with Gasteiger partial charge < -0.3 is 5.32 Å².